The van der Waals surface area contributed by atoms with Gasteiger partial charge in [0, 0.05) is 40.5 Å². The molecule has 0 aliphatic heterocycles. The van der Waals surface area contributed by atoms with Crippen LogP contribution in [0.4, 0.5) is 0 Å². The number of benzene rings is 2. The molecule has 5 aromatic rings. The molecule has 0 amide bonds. The number of fused-ring (bicyclic) bond motifs is 1. The van der Waals surface area contributed by atoms with Crippen LogP contribution in [0.1, 0.15) is 15.9 Å². The van der Waals surface area contributed by atoms with Crippen LogP contribution in [0, 0.1) is 0 Å². The fraction of sp³-hybridized carbons (Fsp3) is 0.0385. The van der Waals surface area contributed by atoms with E-state index in [0.717, 1.165) is 32.7 Å². The van der Waals surface area contributed by atoms with Gasteiger partial charge in [-0.3, -0.25) is 4.79 Å². The second kappa shape index (κ2) is 9.10. The van der Waals surface area contributed by atoms with Gasteiger partial charge in [-0.2, -0.15) is 5.10 Å². The van der Waals surface area contributed by atoms with E-state index in [1.54, 1.807) is 28.3 Å². The van der Waals surface area contributed by atoms with Gasteiger partial charge in [-0.1, -0.05) is 42.5 Å². The van der Waals surface area contributed by atoms with Gasteiger partial charge in [0.05, 0.1) is 10.6 Å². The second-order valence-electron chi connectivity index (χ2n) is 7.30. The molecule has 2 aromatic carbocycles. The number of esters is 1. The van der Waals surface area contributed by atoms with E-state index >= 15 is 0 Å². The molecule has 6 nitrogen and oxygen atoms in total. The Kier molecular flexibility index (Phi) is 5.70. The molecule has 0 fully saturated rings. The molecular weight excluding hydrogens is 434 g/mol. The Morgan fingerprint density at radius 1 is 1.03 bits per heavy atom. The van der Waals surface area contributed by atoms with Crippen LogP contribution in [0.25, 0.3) is 33.2 Å². The van der Waals surface area contributed by atoms with Crippen molar-refractivity contribution in [2.75, 3.05) is 6.61 Å². The molecule has 0 aliphatic rings. The van der Waals surface area contributed by atoms with E-state index in [9.17, 15) is 9.59 Å². The monoisotopic (exact) mass is 453 g/mol. The summed E-state index contributed by atoms with van der Waals surface area (Å²) < 4.78 is 6.98. The third-order valence-corrected chi connectivity index (χ3v) is 6.03. The molecule has 0 bridgehead atoms. The molecule has 0 aliphatic carbocycles. The lowest BCUT2D eigenvalue weighted by atomic mass is 10.1. The number of Topliss-reactive ketones (excluding diaryl/α,β-unsaturated/α-hetero) is 1. The zero-order valence-corrected chi connectivity index (χ0v) is 18.3. The first-order valence-electron chi connectivity index (χ1n) is 10.3. The molecule has 5 rings (SSSR count). The number of para-hydroxylation sites is 2. The van der Waals surface area contributed by atoms with Crippen molar-refractivity contribution in [1.29, 1.82) is 0 Å². The molecule has 3 heterocycles. The van der Waals surface area contributed by atoms with E-state index in [4.69, 9.17) is 9.84 Å². The summed E-state index contributed by atoms with van der Waals surface area (Å²) in [6.45, 7) is -0.327. The number of ketones is 1. The number of hydrogen-bond acceptors (Lipinski definition) is 5. The van der Waals surface area contributed by atoms with Crippen molar-refractivity contribution >= 4 is 40.1 Å². The highest BCUT2D eigenvalue weighted by Crippen LogP contribution is 2.28. The predicted molar refractivity (Wildman–Crippen MR) is 129 cm³/mol. The highest BCUT2D eigenvalue weighted by atomic mass is 32.1. The van der Waals surface area contributed by atoms with Crippen molar-refractivity contribution in [2.45, 2.75) is 0 Å². The minimum Gasteiger partial charge on any atom is -0.454 e. The molecule has 0 spiro atoms. The molecule has 0 saturated carbocycles. The van der Waals surface area contributed by atoms with Crippen LogP contribution in [-0.4, -0.2) is 33.1 Å². The van der Waals surface area contributed by atoms with E-state index in [0.29, 0.717) is 5.56 Å². The topological polar surface area (TPSA) is 77.0 Å². The number of nitrogens with one attached hydrogen (secondary N) is 1. The second-order valence-corrected chi connectivity index (χ2v) is 8.25. The van der Waals surface area contributed by atoms with E-state index < -0.39 is 5.97 Å². The standard InChI is InChI=1S/C26H19N3O3S/c30-23(21-15-27-22-10-5-4-9-20(21)22)17-32-25(31)13-12-18-16-29(19-7-2-1-3-8-19)28-26(18)24-11-6-14-33-24/h1-16,27H,17H2/b13-12+. The number of ether oxygens (including phenoxy) is 1. The Labute approximate surface area is 193 Å². The Morgan fingerprint density at radius 2 is 1.85 bits per heavy atom. The first-order chi connectivity index (χ1) is 16.2. The minimum atomic E-state index is -0.590. The SMILES string of the molecule is O=C(/C=C/c1cn(-c2ccccc2)nc1-c1cccs1)OCC(=O)c1c[nH]c2ccccc12. The number of rotatable bonds is 7. The molecule has 162 valence electrons. The zero-order chi connectivity index (χ0) is 22.6. The number of H-pyrrole nitrogens is 1. The molecule has 0 atom stereocenters. The van der Waals surface area contributed by atoms with Gasteiger partial charge in [-0.15, -0.1) is 11.3 Å². The third kappa shape index (κ3) is 4.40. The largest absolute Gasteiger partial charge is 0.454 e. The summed E-state index contributed by atoms with van der Waals surface area (Å²) in [6, 6.07) is 21.2. The van der Waals surface area contributed by atoms with Gasteiger partial charge in [0.15, 0.2) is 6.61 Å². The summed E-state index contributed by atoms with van der Waals surface area (Å²) in [4.78, 5) is 28.9. The van der Waals surface area contributed by atoms with Gasteiger partial charge in [0.1, 0.15) is 5.69 Å². The smallest absolute Gasteiger partial charge is 0.331 e. The number of aromatic amines is 1. The molecule has 1 N–H and O–H groups in total. The summed E-state index contributed by atoms with van der Waals surface area (Å²) in [5.74, 6) is -0.849. The number of aromatic nitrogens is 3. The van der Waals surface area contributed by atoms with Gasteiger partial charge in [0.25, 0.3) is 0 Å². The van der Waals surface area contributed by atoms with Crippen LogP contribution in [0.5, 0.6) is 0 Å². The number of thiophene rings is 1. The quantitative estimate of drug-likeness (QED) is 0.200. The zero-order valence-electron chi connectivity index (χ0n) is 17.5. The highest BCUT2D eigenvalue weighted by Gasteiger charge is 2.14. The first kappa shape index (κ1) is 20.7. The third-order valence-electron chi connectivity index (χ3n) is 5.15. The highest BCUT2D eigenvalue weighted by molar-refractivity contribution is 7.13. The lowest BCUT2D eigenvalue weighted by Gasteiger charge is -2.01. The normalized spacial score (nSPS) is 11.3. The summed E-state index contributed by atoms with van der Waals surface area (Å²) >= 11 is 1.57. The van der Waals surface area contributed by atoms with E-state index in [-0.39, 0.29) is 12.4 Å². The number of carbonyl (C=O) groups is 2. The molecule has 0 saturated heterocycles. The van der Waals surface area contributed by atoms with Crippen molar-refractivity contribution in [3.05, 3.63) is 102 Å². The van der Waals surface area contributed by atoms with Crippen LogP contribution >= 0.6 is 11.3 Å². The van der Waals surface area contributed by atoms with Gasteiger partial charge in [-0.05, 0) is 35.7 Å². The lowest BCUT2D eigenvalue weighted by Crippen LogP contribution is -2.12. The van der Waals surface area contributed by atoms with E-state index in [1.165, 1.54) is 6.08 Å². The summed E-state index contributed by atoms with van der Waals surface area (Å²) in [5.41, 5.74) is 3.84. The maximum Gasteiger partial charge on any atom is 0.331 e. The molecule has 0 radical (unpaired) electrons. The number of nitrogens with zero attached hydrogens (tertiary/aromatic N) is 2. The molecule has 7 heteroatoms. The number of hydrogen-bond donors (Lipinski definition) is 1. The summed E-state index contributed by atoms with van der Waals surface area (Å²) in [6.07, 6.45) is 6.50. The van der Waals surface area contributed by atoms with Crippen LogP contribution in [0.2, 0.25) is 0 Å². The van der Waals surface area contributed by atoms with Crippen LogP contribution < -0.4 is 0 Å². The van der Waals surface area contributed by atoms with Crippen molar-refractivity contribution in [3.8, 4) is 16.3 Å². The maximum absolute atomic E-state index is 12.5. The van der Waals surface area contributed by atoms with E-state index in [1.807, 2.05) is 78.3 Å². The Morgan fingerprint density at radius 3 is 2.67 bits per heavy atom. The summed E-state index contributed by atoms with van der Waals surface area (Å²) in [5, 5.41) is 7.49. The molecule has 33 heavy (non-hydrogen) atoms. The van der Waals surface area contributed by atoms with Crippen molar-refractivity contribution < 1.29 is 14.3 Å². The maximum atomic E-state index is 12.5. The lowest BCUT2D eigenvalue weighted by molar-refractivity contribution is -0.136. The van der Waals surface area contributed by atoms with Crippen molar-refractivity contribution in [3.63, 3.8) is 0 Å². The van der Waals surface area contributed by atoms with Crippen molar-refractivity contribution in [1.82, 2.24) is 14.8 Å². The minimum absolute atomic E-state index is 0.259. The average molecular weight is 454 g/mol. The number of carbonyl (C=O) groups excluding carboxylic acids is 2. The fourth-order valence-electron chi connectivity index (χ4n) is 3.55. The molecule has 3 aromatic heterocycles. The van der Waals surface area contributed by atoms with Gasteiger partial charge in [-0.25, -0.2) is 9.48 Å². The Balaban J connectivity index is 1.31. The molecular formula is C26H19N3O3S. The van der Waals surface area contributed by atoms with Gasteiger partial charge in [0.2, 0.25) is 5.78 Å². The van der Waals surface area contributed by atoms with Gasteiger partial charge >= 0.3 is 5.97 Å². The predicted octanol–water partition coefficient (Wildman–Crippen LogP) is 5.52. The van der Waals surface area contributed by atoms with Crippen molar-refractivity contribution in [2.24, 2.45) is 0 Å². The summed E-state index contributed by atoms with van der Waals surface area (Å²) in [7, 11) is 0. The Hall–Kier alpha value is -4.23. The van der Waals surface area contributed by atoms with Crippen LogP contribution in [-0.2, 0) is 9.53 Å². The van der Waals surface area contributed by atoms with E-state index in [2.05, 4.69) is 4.98 Å². The Bertz CT molecular complexity index is 1450. The van der Waals surface area contributed by atoms with Crippen LogP contribution in [0.3, 0.4) is 0 Å². The molecule has 0 unspecified atom stereocenters. The van der Waals surface area contributed by atoms with Crippen LogP contribution in [0.15, 0.2) is 90.6 Å². The fourth-order valence-corrected chi connectivity index (χ4v) is 4.28. The van der Waals surface area contributed by atoms with Gasteiger partial charge < -0.3 is 9.72 Å². The first-order valence-corrected chi connectivity index (χ1v) is 11.2. The average Bonchev–Trinajstić information content (AvgIpc) is 3.61.